The number of hydrogen-bond donors (Lipinski definition) is 0. The standard InChI is InChI=1S/C60H41NOSi/c1-6-20-42(21-7-1)52-38-49(63(46-24-10-3-11-25-46,47-26-12-4-13-27-47)48-28-14-5-15-29-48)39-53(43-22-8-2-9-23-43)60(52)44-34-36-45(37-35-44)61-56-32-18-16-30-50(56)54-40-55-51-31-17-19-33-58(51)62-59(55)41-57(54)61/h1-41H/i16D,17D,18D,19D,30D,31D,32D,33D,40D,41D. The molecule has 10 aromatic carbocycles. The first kappa shape index (κ1) is 27.8. The number of benzene rings is 10. The van der Waals surface area contributed by atoms with Crippen LogP contribution in [0.25, 0.3) is 82.8 Å². The van der Waals surface area contributed by atoms with E-state index in [0.717, 1.165) is 33.4 Å². The Labute approximate surface area is 381 Å². The van der Waals surface area contributed by atoms with Gasteiger partial charge < -0.3 is 8.98 Å². The topological polar surface area (TPSA) is 18.1 Å². The lowest BCUT2D eigenvalue weighted by Gasteiger charge is -2.35. The third-order valence-corrected chi connectivity index (χ3v) is 16.9. The van der Waals surface area contributed by atoms with Gasteiger partial charge in [-0.25, -0.2) is 0 Å². The van der Waals surface area contributed by atoms with E-state index in [4.69, 9.17) is 12.6 Å². The molecule has 0 aliphatic carbocycles. The maximum absolute atomic E-state index is 9.73. The molecule has 0 atom stereocenters. The molecule has 3 heteroatoms. The molecule has 0 aliphatic rings. The molecule has 2 nitrogen and oxygen atoms in total. The second-order valence-corrected chi connectivity index (χ2v) is 19.4. The molecule has 0 amide bonds. The SMILES string of the molecule is [2H]c1c([2H])c([2H])c2c(oc3c([2H])c4c(c([2H])c32)c2c([2H])c([2H])c([2H])c([2H])c2n4-c2ccc(-c3c(-c4ccccc4)cc([Si](c4ccccc4)(c4ccccc4)c4ccccc4)cc3-c3ccccc3)cc2)c1[2H]. The Morgan fingerprint density at radius 1 is 0.381 bits per heavy atom. The van der Waals surface area contributed by atoms with E-state index in [9.17, 15) is 5.48 Å². The Morgan fingerprint density at radius 3 is 1.43 bits per heavy atom. The zero-order chi connectivity index (χ0) is 50.4. The third-order valence-electron chi connectivity index (χ3n) is 12.2. The van der Waals surface area contributed by atoms with Crippen LogP contribution in [0.5, 0.6) is 0 Å². The number of hydrogen-bond acceptors (Lipinski definition) is 1. The molecular formula is C60H41NOSi. The van der Waals surface area contributed by atoms with Gasteiger partial charge in [-0.15, -0.1) is 0 Å². The minimum absolute atomic E-state index is 0.0110. The van der Waals surface area contributed by atoms with Gasteiger partial charge in [0, 0.05) is 33.3 Å². The van der Waals surface area contributed by atoms with E-state index in [1.165, 1.54) is 20.7 Å². The molecule has 12 rings (SSSR count). The number of para-hydroxylation sites is 2. The maximum Gasteiger partial charge on any atom is 0.179 e. The minimum atomic E-state index is -3.07. The normalized spacial score (nSPS) is 14.0. The van der Waals surface area contributed by atoms with Crippen molar-refractivity contribution in [3.8, 4) is 39.1 Å². The first-order valence-corrected chi connectivity index (χ1v) is 22.9. The first-order valence-electron chi connectivity index (χ1n) is 25.9. The summed E-state index contributed by atoms with van der Waals surface area (Å²) in [6.07, 6.45) is 0. The van der Waals surface area contributed by atoms with Crippen molar-refractivity contribution in [2.75, 3.05) is 0 Å². The molecule has 0 radical (unpaired) electrons. The highest BCUT2D eigenvalue weighted by molar-refractivity contribution is 7.20. The van der Waals surface area contributed by atoms with E-state index in [2.05, 4.69) is 127 Å². The van der Waals surface area contributed by atoms with Gasteiger partial charge in [0.1, 0.15) is 11.2 Å². The number of nitrogens with zero attached hydrogens (tertiary/aromatic N) is 1. The van der Waals surface area contributed by atoms with Gasteiger partial charge in [-0.05, 0) is 84.4 Å². The molecule has 0 N–H and O–H groups in total. The van der Waals surface area contributed by atoms with Gasteiger partial charge in [0.15, 0.2) is 8.07 Å². The van der Waals surface area contributed by atoms with Crippen LogP contribution in [0, 0.1) is 0 Å². The lowest BCUT2D eigenvalue weighted by Crippen LogP contribution is -2.74. The third kappa shape index (κ3) is 6.00. The van der Waals surface area contributed by atoms with Crippen molar-refractivity contribution in [2.24, 2.45) is 0 Å². The highest BCUT2D eigenvalue weighted by Gasteiger charge is 2.42. The Kier molecular flexibility index (Phi) is 6.69. The molecule has 2 heterocycles. The molecule has 0 saturated heterocycles. The second kappa shape index (κ2) is 15.2. The largest absolute Gasteiger partial charge is 0.456 e. The number of aromatic nitrogens is 1. The van der Waals surface area contributed by atoms with Gasteiger partial charge in [-0.1, -0.05) is 212 Å². The molecular weight excluding hydrogens is 779 g/mol. The fourth-order valence-electron chi connectivity index (χ4n) is 9.46. The van der Waals surface area contributed by atoms with E-state index in [-0.39, 0.29) is 61.9 Å². The molecule has 0 unspecified atom stereocenters. The van der Waals surface area contributed by atoms with Crippen molar-refractivity contribution in [3.05, 3.63) is 248 Å². The van der Waals surface area contributed by atoms with Crippen molar-refractivity contribution in [3.63, 3.8) is 0 Å². The molecule has 12 aromatic rings. The average Bonchev–Trinajstić information content (AvgIpc) is 4.03. The fourth-order valence-corrected chi connectivity index (χ4v) is 14.3. The molecule has 0 aliphatic heterocycles. The Hall–Kier alpha value is -7.98. The summed E-state index contributed by atoms with van der Waals surface area (Å²) >= 11 is 0. The van der Waals surface area contributed by atoms with Crippen LogP contribution in [0.3, 0.4) is 0 Å². The van der Waals surface area contributed by atoms with E-state index in [0.29, 0.717) is 5.69 Å². The molecule has 0 spiro atoms. The van der Waals surface area contributed by atoms with Crippen LogP contribution in [-0.2, 0) is 0 Å². The molecule has 0 bridgehead atoms. The van der Waals surface area contributed by atoms with Crippen molar-refractivity contribution in [1.82, 2.24) is 4.57 Å². The summed E-state index contributed by atoms with van der Waals surface area (Å²) in [7, 11) is -3.07. The molecule has 2 aromatic heterocycles. The summed E-state index contributed by atoms with van der Waals surface area (Å²) < 4.78 is 97.4. The van der Waals surface area contributed by atoms with E-state index in [1.54, 1.807) is 4.57 Å². The van der Waals surface area contributed by atoms with Gasteiger partial charge in [-0.3, -0.25) is 0 Å². The predicted molar refractivity (Wildman–Crippen MR) is 268 cm³/mol. The first-order chi connectivity index (χ1) is 35.4. The average molecular weight is 830 g/mol. The quantitative estimate of drug-likeness (QED) is 0.110. The van der Waals surface area contributed by atoms with Crippen LogP contribution < -0.4 is 20.7 Å². The highest BCUT2D eigenvalue weighted by Crippen LogP contribution is 2.42. The van der Waals surface area contributed by atoms with Crippen molar-refractivity contribution < 1.29 is 18.1 Å². The van der Waals surface area contributed by atoms with Crippen LogP contribution in [0.4, 0.5) is 0 Å². The summed E-state index contributed by atoms with van der Waals surface area (Å²) in [4.78, 5) is 0. The minimum Gasteiger partial charge on any atom is -0.456 e. The van der Waals surface area contributed by atoms with Crippen LogP contribution in [0.1, 0.15) is 13.7 Å². The molecule has 0 fully saturated rings. The van der Waals surface area contributed by atoms with Gasteiger partial charge in [0.05, 0.1) is 24.7 Å². The van der Waals surface area contributed by atoms with Gasteiger partial charge in [0.25, 0.3) is 0 Å². The van der Waals surface area contributed by atoms with E-state index >= 15 is 0 Å². The van der Waals surface area contributed by atoms with E-state index < -0.39 is 50.4 Å². The molecule has 296 valence electrons. The lowest BCUT2D eigenvalue weighted by atomic mass is 9.87. The zero-order valence-corrected chi connectivity index (χ0v) is 34.8. The van der Waals surface area contributed by atoms with Gasteiger partial charge in [-0.2, -0.15) is 0 Å². The maximum atomic E-state index is 9.73. The summed E-state index contributed by atoms with van der Waals surface area (Å²) in [5, 5.41) is 4.83. The Balaban J connectivity index is 1.17. The monoisotopic (exact) mass is 829 g/mol. The van der Waals surface area contributed by atoms with Crippen molar-refractivity contribution in [1.29, 1.82) is 0 Å². The van der Waals surface area contributed by atoms with Crippen molar-refractivity contribution in [2.45, 2.75) is 0 Å². The summed E-state index contributed by atoms with van der Waals surface area (Å²) in [6.45, 7) is 0. The summed E-state index contributed by atoms with van der Waals surface area (Å²) in [5.41, 5.74) is 6.06. The Morgan fingerprint density at radius 2 is 0.873 bits per heavy atom. The Bertz CT molecular complexity index is 4010. The van der Waals surface area contributed by atoms with Crippen LogP contribution in [0.2, 0.25) is 0 Å². The van der Waals surface area contributed by atoms with Crippen LogP contribution in [-0.4, -0.2) is 12.6 Å². The fraction of sp³-hybridized carbons (Fsp3) is 0. The van der Waals surface area contributed by atoms with Gasteiger partial charge >= 0.3 is 0 Å². The smallest absolute Gasteiger partial charge is 0.179 e. The summed E-state index contributed by atoms with van der Waals surface area (Å²) in [5.74, 6) is 0. The highest BCUT2D eigenvalue weighted by atomic mass is 28.3. The summed E-state index contributed by atoms with van der Waals surface area (Å²) in [6, 6.07) is 61.3. The lowest BCUT2D eigenvalue weighted by molar-refractivity contribution is 0.669. The van der Waals surface area contributed by atoms with Gasteiger partial charge in [0.2, 0.25) is 0 Å². The number of fused-ring (bicyclic) bond motifs is 6. The number of furan rings is 1. The molecule has 63 heavy (non-hydrogen) atoms. The van der Waals surface area contributed by atoms with Crippen LogP contribution >= 0.6 is 0 Å². The predicted octanol–water partition coefficient (Wildman–Crippen LogP) is 13.1. The van der Waals surface area contributed by atoms with Crippen LogP contribution in [0.15, 0.2) is 253 Å². The number of rotatable bonds is 8. The van der Waals surface area contributed by atoms with E-state index in [1.807, 2.05) is 60.7 Å². The second-order valence-electron chi connectivity index (χ2n) is 15.6. The zero-order valence-electron chi connectivity index (χ0n) is 43.8. The van der Waals surface area contributed by atoms with Crippen molar-refractivity contribution >= 4 is 72.6 Å². The molecule has 0 saturated carbocycles.